The van der Waals surface area contributed by atoms with Gasteiger partial charge in [-0.05, 0) is 53.6 Å². The maximum Gasteiger partial charge on any atom is 0.287 e. The molecule has 4 heterocycles. The third-order valence-corrected chi connectivity index (χ3v) is 6.74. The van der Waals surface area contributed by atoms with Crippen molar-refractivity contribution in [2.24, 2.45) is 5.73 Å². The Morgan fingerprint density at radius 1 is 0.933 bits per heavy atom. The van der Waals surface area contributed by atoms with E-state index in [4.69, 9.17) is 10.7 Å². The molecule has 0 saturated heterocycles. The average Bonchev–Trinajstić information content (AvgIpc) is 3.07. The second-order valence-corrected chi connectivity index (χ2v) is 9.70. The molecule has 5 aromatic rings. The topological polar surface area (TPSA) is 202 Å². The zero-order valence-corrected chi connectivity index (χ0v) is 23.8. The molecule has 224 valence electrons. The third kappa shape index (κ3) is 7.48. The monoisotopic (exact) mass is 601 g/mol. The molecule has 4 aromatic heterocycles. The molecule has 0 saturated carbocycles. The average molecular weight is 602 g/mol. The number of benzene rings is 1. The molecule has 0 aliphatic carbocycles. The van der Waals surface area contributed by atoms with Crippen LogP contribution in [0.3, 0.4) is 0 Å². The fourth-order valence-corrected chi connectivity index (χ4v) is 4.59. The van der Waals surface area contributed by atoms with Crippen LogP contribution in [0, 0.1) is 21.4 Å². The number of hydrogen-bond acceptors (Lipinski definition) is 12. The predicted molar refractivity (Wildman–Crippen MR) is 167 cm³/mol. The van der Waals surface area contributed by atoms with E-state index in [9.17, 15) is 20.2 Å². The Kier molecular flexibility index (Phi) is 9.41. The number of aromatic nitrogens is 5. The summed E-state index contributed by atoms with van der Waals surface area (Å²) in [6.07, 6.45) is 9.36. The van der Waals surface area contributed by atoms with Crippen LogP contribution < -0.4 is 21.3 Å². The van der Waals surface area contributed by atoms with E-state index in [2.05, 4.69) is 36.6 Å². The molecule has 1 unspecified atom stereocenters. The minimum absolute atomic E-state index is 0.0945. The molecule has 0 radical (unpaired) electrons. The van der Waals surface area contributed by atoms with E-state index in [0.717, 1.165) is 5.56 Å². The number of carbonyl (C=O) groups is 1. The Balaban J connectivity index is 1.48. The van der Waals surface area contributed by atoms with Crippen LogP contribution in [-0.2, 0) is 11.3 Å². The first-order valence-corrected chi connectivity index (χ1v) is 13.7. The van der Waals surface area contributed by atoms with Crippen molar-refractivity contribution >= 4 is 29.0 Å². The fourth-order valence-electron chi connectivity index (χ4n) is 4.59. The summed E-state index contributed by atoms with van der Waals surface area (Å²) in [4.78, 5) is 46.9. The summed E-state index contributed by atoms with van der Waals surface area (Å²) >= 11 is 0. The molecule has 0 aliphatic rings. The van der Waals surface area contributed by atoms with Crippen molar-refractivity contribution in [1.29, 1.82) is 5.26 Å². The minimum atomic E-state index is -0.890. The van der Waals surface area contributed by atoms with Crippen molar-refractivity contribution < 1.29 is 9.72 Å². The lowest BCUT2D eigenvalue weighted by atomic mass is 10.0. The number of nitriles is 1. The highest BCUT2D eigenvalue weighted by molar-refractivity contribution is 5.87. The van der Waals surface area contributed by atoms with E-state index >= 15 is 0 Å². The molecule has 0 fully saturated rings. The summed E-state index contributed by atoms with van der Waals surface area (Å²) in [5.74, 6) is 0.228. The van der Waals surface area contributed by atoms with Gasteiger partial charge >= 0.3 is 0 Å². The van der Waals surface area contributed by atoms with Crippen LogP contribution in [0.4, 0.5) is 23.1 Å². The molecule has 14 nitrogen and oxygen atoms in total. The van der Waals surface area contributed by atoms with Crippen LogP contribution in [0.1, 0.15) is 22.7 Å². The van der Waals surface area contributed by atoms with Gasteiger partial charge in [0.05, 0.1) is 34.1 Å². The molecule has 4 N–H and O–H groups in total. The van der Waals surface area contributed by atoms with E-state index in [1.165, 1.54) is 18.3 Å². The summed E-state index contributed by atoms with van der Waals surface area (Å²) in [6.45, 7) is 1.10. The molecule has 0 spiro atoms. The lowest BCUT2D eigenvalue weighted by Crippen LogP contribution is -2.38. The van der Waals surface area contributed by atoms with E-state index in [0.29, 0.717) is 52.9 Å². The van der Waals surface area contributed by atoms with Gasteiger partial charge in [-0.25, -0.2) is 15.0 Å². The van der Waals surface area contributed by atoms with Crippen LogP contribution in [0.25, 0.3) is 11.3 Å². The predicted octanol–water partition coefficient (Wildman–Crippen LogP) is 3.87. The Morgan fingerprint density at radius 2 is 1.62 bits per heavy atom. The van der Waals surface area contributed by atoms with E-state index in [1.807, 2.05) is 17.0 Å². The zero-order valence-electron chi connectivity index (χ0n) is 23.8. The number of anilines is 3. The number of nitrogens with zero attached hydrogens (tertiary/aromatic N) is 8. The number of nitrogens with two attached hydrogens (primary N) is 1. The smallest absolute Gasteiger partial charge is 0.287 e. The minimum Gasteiger partial charge on any atom is -0.368 e. The number of rotatable bonds is 13. The van der Waals surface area contributed by atoms with E-state index < -0.39 is 16.9 Å². The lowest BCUT2D eigenvalue weighted by Gasteiger charge is -2.33. The molecule has 0 aliphatic heterocycles. The number of nitro groups is 1. The van der Waals surface area contributed by atoms with Gasteiger partial charge in [-0.1, -0.05) is 12.1 Å². The first-order valence-electron chi connectivity index (χ1n) is 13.7. The number of pyridine rings is 3. The summed E-state index contributed by atoms with van der Waals surface area (Å²) in [6, 6.07) is 18.3. The highest BCUT2D eigenvalue weighted by atomic mass is 16.6. The van der Waals surface area contributed by atoms with Gasteiger partial charge in [0.25, 0.3) is 5.69 Å². The SMILES string of the molecule is N#Cc1ccc(-c2nc(NCCNc3ccc([N+](=O)[O-])cn3)ncc2N(Cc2ccncc2)C(C(N)=O)c2ccncc2)cc1. The molecule has 1 aromatic carbocycles. The maximum absolute atomic E-state index is 13.1. The highest BCUT2D eigenvalue weighted by Crippen LogP contribution is 2.36. The first-order chi connectivity index (χ1) is 21.9. The molecule has 5 rings (SSSR count). The Hall–Kier alpha value is -6.49. The Labute approximate surface area is 257 Å². The quantitative estimate of drug-likeness (QED) is 0.100. The molecule has 45 heavy (non-hydrogen) atoms. The maximum atomic E-state index is 13.1. The van der Waals surface area contributed by atoms with Gasteiger partial charge in [0, 0.05) is 56.1 Å². The van der Waals surface area contributed by atoms with Crippen molar-refractivity contribution in [3.05, 3.63) is 125 Å². The van der Waals surface area contributed by atoms with Crippen LogP contribution in [0.15, 0.2) is 97.8 Å². The first kappa shape index (κ1) is 30.0. The van der Waals surface area contributed by atoms with Gasteiger partial charge in [-0.2, -0.15) is 5.26 Å². The number of primary amides is 1. The summed E-state index contributed by atoms with van der Waals surface area (Å²) < 4.78 is 0. The summed E-state index contributed by atoms with van der Waals surface area (Å²) in [5.41, 5.74) is 9.68. The van der Waals surface area contributed by atoms with Crippen LogP contribution in [0.2, 0.25) is 0 Å². The van der Waals surface area contributed by atoms with E-state index in [1.54, 1.807) is 67.4 Å². The van der Waals surface area contributed by atoms with Crippen molar-refractivity contribution in [1.82, 2.24) is 24.9 Å². The van der Waals surface area contributed by atoms with Crippen molar-refractivity contribution in [3.63, 3.8) is 0 Å². The molecular weight excluding hydrogens is 574 g/mol. The second-order valence-electron chi connectivity index (χ2n) is 9.70. The number of carbonyl (C=O) groups excluding carboxylic acids is 1. The van der Waals surface area contributed by atoms with Crippen LogP contribution in [0.5, 0.6) is 0 Å². The van der Waals surface area contributed by atoms with Crippen molar-refractivity contribution in [2.45, 2.75) is 12.6 Å². The van der Waals surface area contributed by atoms with Gasteiger partial charge < -0.3 is 21.3 Å². The van der Waals surface area contributed by atoms with E-state index in [-0.39, 0.29) is 12.2 Å². The van der Waals surface area contributed by atoms with Gasteiger partial charge in [0.1, 0.15) is 18.1 Å². The van der Waals surface area contributed by atoms with Gasteiger partial charge in [0.2, 0.25) is 11.9 Å². The molecule has 14 heteroatoms. The molecule has 1 amide bonds. The Bertz CT molecular complexity index is 1800. The van der Waals surface area contributed by atoms with Crippen LogP contribution in [-0.4, -0.2) is 48.8 Å². The number of amides is 1. The normalized spacial score (nSPS) is 11.2. The highest BCUT2D eigenvalue weighted by Gasteiger charge is 2.29. The van der Waals surface area contributed by atoms with Crippen molar-refractivity contribution in [3.8, 4) is 17.3 Å². The summed E-state index contributed by atoms with van der Waals surface area (Å²) in [5, 5.41) is 26.5. The molecule has 0 bridgehead atoms. The van der Waals surface area contributed by atoms with Gasteiger partial charge in [-0.15, -0.1) is 0 Å². The van der Waals surface area contributed by atoms with Crippen LogP contribution >= 0.6 is 0 Å². The zero-order chi connectivity index (χ0) is 31.6. The van der Waals surface area contributed by atoms with Gasteiger partial charge in [-0.3, -0.25) is 24.9 Å². The Morgan fingerprint density at radius 3 is 2.24 bits per heavy atom. The largest absolute Gasteiger partial charge is 0.368 e. The second kappa shape index (κ2) is 14.1. The van der Waals surface area contributed by atoms with Gasteiger partial charge in [0.15, 0.2) is 0 Å². The number of nitrogens with one attached hydrogen (secondary N) is 2. The number of hydrogen-bond donors (Lipinski definition) is 3. The lowest BCUT2D eigenvalue weighted by molar-refractivity contribution is -0.385. The summed E-state index contributed by atoms with van der Waals surface area (Å²) in [7, 11) is 0. The molecular formula is C31H27N11O3. The molecule has 1 atom stereocenters. The fraction of sp³-hybridized carbons (Fsp3) is 0.129. The third-order valence-electron chi connectivity index (χ3n) is 6.74. The standard InChI is InChI=1S/C31H27N11O3/c32-17-21-1-3-23(4-2-21)28-26(19-39-31(40-28)37-16-15-36-27-6-5-25(18-38-27)42(44)45)41(20-22-7-11-34-12-8-22)29(30(33)43)24-9-13-35-14-10-24/h1-14,18-19,29H,15-16,20H2,(H2,33,43)(H,36,38)(H,37,39,40). The van der Waals surface area contributed by atoms with Crippen molar-refractivity contribution in [2.75, 3.05) is 28.6 Å².